The van der Waals surface area contributed by atoms with Crippen LogP contribution in [0, 0.1) is 5.92 Å². The summed E-state index contributed by atoms with van der Waals surface area (Å²) in [6, 6.07) is 8.28. The lowest BCUT2D eigenvalue weighted by Gasteiger charge is -2.34. The minimum absolute atomic E-state index is 0.0520. The topological polar surface area (TPSA) is 114 Å². The quantitative estimate of drug-likeness (QED) is 0.359. The fourth-order valence-electron chi connectivity index (χ4n) is 3.22. The molecule has 0 aromatic heterocycles. The summed E-state index contributed by atoms with van der Waals surface area (Å²) in [6.45, 7) is 6.13. The molecule has 2 unspecified atom stereocenters. The van der Waals surface area contributed by atoms with Crippen molar-refractivity contribution in [1.29, 1.82) is 0 Å². The second kappa shape index (κ2) is 10.1. The van der Waals surface area contributed by atoms with E-state index in [2.05, 4.69) is 27.8 Å². The van der Waals surface area contributed by atoms with Gasteiger partial charge in [-0.05, 0) is 35.0 Å². The molecule has 1 saturated heterocycles. The molecule has 0 radical (unpaired) electrons. The van der Waals surface area contributed by atoms with Crippen LogP contribution in [0.4, 0.5) is 4.39 Å². The summed E-state index contributed by atoms with van der Waals surface area (Å²) in [7, 11) is -3.90. The van der Waals surface area contributed by atoms with Crippen LogP contribution in [-0.4, -0.2) is 57.5 Å². The Bertz CT molecular complexity index is 990. The summed E-state index contributed by atoms with van der Waals surface area (Å²) in [6.07, 6.45) is -2.17. The van der Waals surface area contributed by atoms with Crippen LogP contribution < -0.4 is 9.84 Å². The molecule has 1 fully saturated rings. The van der Waals surface area contributed by atoms with Crippen molar-refractivity contribution >= 4 is 35.2 Å². The van der Waals surface area contributed by atoms with Crippen molar-refractivity contribution in [3.63, 3.8) is 0 Å². The van der Waals surface area contributed by atoms with Crippen molar-refractivity contribution in [2.24, 2.45) is 5.92 Å². The Morgan fingerprint density at radius 1 is 1.45 bits per heavy atom. The van der Waals surface area contributed by atoms with Crippen LogP contribution in [-0.2, 0) is 23.4 Å². The molecular formula is C21H25BrFN2O7P. The second-order valence-electron chi connectivity index (χ2n) is 7.81. The van der Waals surface area contributed by atoms with Crippen molar-refractivity contribution in [3.05, 3.63) is 55.0 Å². The maximum absolute atomic E-state index is 15.4. The fourth-order valence-corrected chi connectivity index (χ4v) is 5.82. The SMILES string of the molecule is C=C1NC(=O)C=CN1[C@@H]1O[C@H](COP(=O)(C[C@@H](C)C(C)=O)Oc2ccccc2)C(O)[C@]1(F)Br. The molecule has 0 aliphatic carbocycles. The molecule has 1 aromatic carbocycles. The van der Waals surface area contributed by atoms with Crippen molar-refractivity contribution in [2.45, 2.75) is 36.9 Å². The van der Waals surface area contributed by atoms with E-state index in [1.54, 1.807) is 37.3 Å². The normalized spacial score (nSPS) is 30.0. The number of hydrogen-bond donors (Lipinski definition) is 2. The zero-order valence-electron chi connectivity index (χ0n) is 18.0. The van der Waals surface area contributed by atoms with Gasteiger partial charge in [0, 0.05) is 18.2 Å². The highest BCUT2D eigenvalue weighted by molar-refractivity contribution is 9.10. The molecule has 0 bridgehead atoms. The zero-order valence-corrected chi connectivity index (χ0v) is 20.5. The van der Waals surface area contributed by atoms with Gasteiger partial charge in [0.25, 0.3) is 5.91 Å². The molecule has 2 heterocycles. The largest absolute Gasteiger partial charge is 0.424 e. The highest BCUT2D eigenvalue weighted by atomic mass is 79.9. The third kappa shape index (κ3) is 5.91. The lowest BCUT2D eigenvalue weighted by Crippen LogP contribution is -2.49. The van der Waals surface area contributed by atoms with Gasteiger partial charge in [0.15, 0.2) is 6.23 Å². The van der Waals surface area contributed by atoms with E-state index in [1.807, 2.05) is 0 Å². The number of amides is 1. The number of para-hydroxylation sites is 1. The third-order valence-corrected chi connectivity index (χ3v) is 8.10. The molecular weight excluding hydrogens is 522 g/mol. The van der Waals surface area contributed by atoms with E-state index in [4.69, 9.17) is 13.8 Å². The molecule has 2 N–H and O–H groups in total. The summed E-state index contributed by atoms with van der Waals surface area (Å²) >= 11 is 2.85. The van der Waals surface area contributed by atoms with Crippen LogP contribution in [0.5, 0.6) is 5.75 Å². The van der Waals surface area contributed by atoms with Gasteiger partial charge in [-0.1, -0.05) is 31.7 Å². The van der Waals surface area contributed by atoms with Gasteiger partial charge < -0.3 is 24.6 Å². The number of aliphatic hydroxyl groups is 1. The molecule has 6 atom stereocenters. The number of aliphatic hydroxyl groups excluding tert-OH is 1. The van der Waals surface area contributed by atoms with E-state index < -0.39 is 49.0 Å². The molecule has 9 nitrogen and oxygen atoms in total. The Kier molecular flexibility index (Phi) is 7.80. The van der Waals surface area contributed by atoms with Crippen molar-refractivity contribution < 1.29 is 37.4 Å². The van der Waals surface area contributed by atoms with E-state index in [-0.39, 0.29) is 23.5 Å². The number of nitrogens with one attached hydrogen (secondary N) is 1. The van der Waals surface area contributed by atoms with Gasteiger partial charge in [-0.15, -0.1) is 0 Å². The van der Waals surface area contributed by atoms with Crippen LogP contribution in [0.1, 0.15) is 13.8 Å². The number of alkyl halides is 2. The predicted molar refractivity (Wildman–Crippen MR) is 121 cm³/mol. The lowest BCUT2D eigenvalue weighted by molar-refractivity contribution is -0.120. The maximum atomic E-state index is 15.4. The number of benzene rings is 1. The van der Waals surface area contributed by atoms with E-state index >= 15 is 4.39 Å². The number of carbonyl (C=O) groups is 2. The number of ether oxygens (including phenoxy) is 1. The zero-order chi connectivity index (χ0) is 24.4. The maximum Gasteiger partial charge on any atom is 0.379 e. The molecule has 0 spiro atoms. The van der Waals surface area contributed by atoms with Crippen LogP contribution in [0.25, 0.3) is 0 Å². The van der Waals surface area contributed by atoms with E-state index in [0.717, 1.165) is 6.08 Å². The Hall–Kier alpha value is -2.04. The molecule has 2 aliphatic rings. The molecule has 33 heavy (non-hydrogen) atoms. The molecule has 1 amide bonds. The van der Waals surface area contributed by atoms with E-state index in [1.165, 1.54) is 18.0 Å². The first-order chi connectivity index (χ1) is 15.4. The molecule has 2 aliphatic heterocycles. The van der Waals surface area contributed by atoms with Gasteiger partial charge in [0.05, 0.1) is 12.8 Å². The number of hydrogen-bond acceptors (Lipinski definition) is 8. The first kappa shape index (κ1) is 25.6. The molecule has 180 valence electrons. The smallest absolute Gasteiger partial charge is 0.379 e. The summed E-state index contributed by atoms with van der Waals surface area (Å²) in [5.41, 5.74) is 0. The summed E-state index contributed by atoms with van der Waals surface area (Å²) in [5.74, 6) is -0.937. The highest BCUT2D eigenvalue weighted by Gasteiger charge is 2.59. The van der Waals surface area contributed by atoms with Crippen LogP contribution >= 0.6 is 23.5 Å². The fraction of sp³-hybridized carbons (Fsp3) is 0.429. The van der Waals surface area contributed by atoms with Gasteiger partial charge in [-0.3, -0.25) is 14.1 Å². The molecule has 1 aromatic rings. The number of halogens is 2. The predicted octanol–water partition coefficient (Wildman–Crippen LogP) is 3.06. The Morgan fingerprint density at radius 3 is 2.73 bits per heavy atom. The van der Waals surface area contributed by atoms with Gasteiger partial charge >= 0.3 is 7.60 Å². The molecule has 0 saturated carbocycles. The Morgan fingerprint density at radius 2 is 2.12 bits per heavy atom. The Labute approximate surface area is 199 Å². The number of carbonyl (C=O) groups excluding carboxylic acids is 2. The summed E-state index contributed by atoms with van der Waals surface area (Å²) < 4.78 is 43.2. The first-order valence-electron chi connectivity index (χ1n) is 10.1. The highest BCUT2D eigenvalue weighted by Crippen LogP contribution is 2.51. The number of nitrogens with zero attached hydrogens (tertiary/aromatic N) is 1. The van der Waals surface area contributed by atoms with Crippen molar-refractivity contribution in [3.8, 4) is 5.75 Å². The van der Waals surface area contributed by atoms with Gasteiger partial charge in [-0.2, -0.15) is 0 Å². The lowest BCUT2D eigenvalue weighted by atomic mass is 10.1. The average molecular weight is 547 g/mol. The van der Waals surface area contributed by atoms with Crippen molar-refractivity contribution in [2.75, 3.05) is 12.8 Å². The minimum Gasteiger partial charge on any atom is -0.424 e. The van der Waals surface area contributed by atoms with Crippen molar-refractivity contribution in [1.82, 2.24) is 10.2 Å². The van der Waals surface area contributed by atoms with Crippen LogP contribution in [0.3, 0.4) is 0 Å². The monoisotopic (exact) mass is 546 g/mol. The van der Waals surface area contributed by atoms with E-state index in [0.29, 0.717) is 0 Å². The second-order valence-corrected chi connectivity index (χ2v) is 11.1. The number of ketones is 1. The van der Waals surface area contributed by atoms with E-state index in [9.17, 15) is 19.3 Å². The Balaban J connectivity index is 1.76. The molecule has 3 rings (SSSR count). The van der Waals surface area contributed by atoms with Gasteiger partial charge in [0.1, 0.15) is 29.6 Å². The van der Waals surface area contributed by atoms with Gasteiger partial charge in [0.2, 0.25) is 4.58 Å². The summed E-state index contributed by atoms with van der Waals surface area (Å²) in [4.78, 5) is 24.4. The standard InChI is InChI=1S/C21H25BrFN2O7P/c1-13(14(2)26)12-33(29,32-16-7-5-4-6-8-16)30-11-17-19(28)21(22,23)20(31-17)25-10-9-18(27)24-15(25)3/h4-10,13,17,19-20,28H,3,11-12H2,1-2H3,(H,24,27)/t13-,17-,19?,20-,21-,33?/m1/s1. The number of Topliss-reactive ketones (excluding diaryl/α,β-unsaturated/α-hetero) is 1. The molecule has 12 heteroatoms. The third-order valence-electron chi connectivity index (χ3n) is 5.21. The van der Waals surface area contributed by atoms with Gasteiger partial charge in [-0.25, -0.2) is 8.96 Å². The number of rotatable bonds is 9. The first-order valence-corrected chi connectivity index (χ1v) is 12.6. The minimum atomic E-state index is -3.90. The van der Waals surface area contributed by atoms with Crippen LogP contribution in [0.15, 0.2) is 55.0 Å². The van der Waals surface area contributed by atoms with Crippen LogP contribution in [0.2, 0.25) is 0 Å². The average Bonchev–Trinajstić information content (AvgIpc) is 2.96. The summed E-state index contributed by atoms with van der Waals surface area (Å²) in [5, 5.41) is 13.0.